The third-order valence-corrected chi connectivity index (χ3v) is 5.28. The van der Waals surface area contributed by atoms with Gasteiger partial charge in [-0.3, -0.25) is 4.79 Å². The highest BCUT2D eigenvalue weighted by Crippen LogP contribution is 2.46. The Labute approximate surface area is 163 Å². The van der Waals surface area contributed by atoms with Gasteiger partial charge in [0.15, 0.2) is 0 Å². The first kappa shape index (κ1) is 18.0. The van der Waals surface area contributed by atoms with Crippen molar-refractivity contribution in [1.29, 1.82) is 0 Å². The van der Waals surface area contributed by atoms with E-state index in [9.17, 15) is 14.7 Å². The quantitative estimate of drug-likeness (QED) is 0.688. The molecule has 4 heteroatoms. The predicted octanol–water partition coefficient (Wildman–Crippen LogP) is 4.00. The lowest BCUT2D eigenvalue weighted by atomic mass is 9.89. The van der Waals surface area contributed by atoms with E-state index in [1.54, 1.807) is 0 Å². The maximum Gasteiger partial charge on any atom is 0.327 e. The summed E-state index contributed by atoms with van der Waals surface area (Å²) in [5.41, 5.74) is 5.01. The zero-order valence-corrected chi connectivity index (χ0v) is 15.3. The summed E-state index contributed by atoms with van der Waals surface area (Å²) < 4.78 is 0. The molecule has 0 saturated heterocycles. The Balaban J connectivity index is 1.58. The average Bonchev–Trinajstić information content (AvgIpc) is 3.05. The fourth-order valence-electron chi connectivity index (χ4n) is 3.99. The van der Waals surface area contributed by atoms with Gasteiger partial charge in [-0.1, -0.05) is 78.9 Å². The molecule has 0 bridgehead atoms. The highest BCUT2D eigenvalue weighted by Gasteiger charge is 2.38. The molecule has 1 aliphatic carbocycles. The number of carbonyl (C=O) groups excluding carboxylic acids is 1. The van der Waals surface area contributed by atoms with Gasteiger partial charge < -0.3 is 10.4 Å². The van der Waals surface area contributed by atoms with Crippen LogP contribution in [0.2, 0.25) is 0 Å². The molecular formula is C24H21NO3. The second-order valence-electron chi connectivity index (χ2n) is 7.02. The van der Waals surface area contributed by atoms with Crippen molar-refractivity contribution in [3.63, 3.8) is 0 Å². The van der Waals surface area contributed by atoms with Crippen LogP contribution >= 0.6 is 0 Å². The van der Waals surface area contributed by atoms with Crippen molar-refractivity contribution >= 4 is 11.9 Å². The number of nitrogens with one attached hydrogen (secondary N) is 1. The van der Waals surface area contributed by atoms with Gasteiger partial charge in [-0.15, -0.1) is 0 Å². The maximum absolute atomic E-state index is 12.5. The third-order valence-electron chi connectivity index (χ3n) is 5.28. The second kappa shape index (κ2) is 7.69. The van der Waals surface area contributed by atoms with E-state index in [1.807, 2.05) is 78.9 Å². The number of aryl methyl sites for hydroxylation is 1. The number of carboxylic acid groups (broad SMARTS) is 1. The first-order valence-electron chi connectivity index (χ1n) is 9.39. The third kappa shape index (κ3) is 3.41. The van der Waals surface area contributed by atoms with Crippen LogP contribution in [0.25, 0.3) is 11.1 Å². The summed E-state index contributed by atoms with van der Waals surface area (Å²) in [5, 5.41) is 12.7. The van der Waals surface area contributed by atoms with Crippen molar-refractivity contribution in [2.75, 3.05) is 0 Å². The van der Waals surface area contributed by atoms with E-state index in [0.717, 1.165) is 27.8 Å². The van der Waals surface area contributed by atoms with E-state index >= 15 is 0 Å². The van der Waals surface area contributed by atoms with Crippen molar-refractivity contribution in [3.05, 3.63) is 95.6 Å². The summed E-state index contributed by atoms with van der Waals surface area (Å²) in [4.78, 5) is 24.6. The molecule has 1 aliphatic rings. The Morgan fingerprint density at radius 1 is 0.821 bits per heavy atom. The minimum absolute atomic E-state index is 0.252. The Hall–Kier alpha value is -3.40. The van der Waals surface area contributed by atoms with Crippen LogP contribution in [0.1, 0.15) is 29.0 Å². The fourth-order valence-corrected chi connectivity index (χ4v) is 3.99. The molecule has 0 heterocycles. The molecule has 1 amide bonds. The van der Waals surface area contributed by atoms with Crippen molar-refractivity contribution in [2.24, 2.45) is 0 Å². The SMILES string of the molecule is O=C(CCc1ccccc1)N[C@H](C(=O)O)C1c2ccccc2-c2ccccc21. The molecule has 0 unspecified atom stereocenters. The molecule has 3 aromatic rings. The number of aliphatic carboxylic acids is 1. The number of hydrogen-bond acceptors (Lipinski definition) is 2. The number of benzene rings is 3. The lowest BCUT2D eigenvalue weighted by Crippen LogP contribution is -2.45. The van der Waals surface area contributed by atoms with E-state index in [0.29, 0.717) is 6.42 Å². The van der Waals surface area contributed by atoms with Crippen molar-refractivity contribution in [3.8, 4) is 11.1 Å². The number of carboxylic acids is 1. The average molecular weight is 371 g/mol. The highest BCUT2D eigenvalue weighted by atomic mass is 16.4. The summed E-state index contributed by atoms with van der Waals surface area (Å²) in [6, 6.07) is 24.3. The monoisotopic (exact) mass is 371 g/mol. The number of rotatable bonds is 6. The van der Waals surface area contributed by atoms with Crippen molar-refractivity contribution in [1.82, 2.24) is 5.32 Å². The number of carbonyl (C=O) groups is 2. The van der Waals surface area contributed by atoms with Crippen LogP contribution in [0, 0.1) is 0 Å². The molecule has 0 fully saturated rings. The van der Waals surface area contributed by atoms with Gasteiger partial charge in [0, 0.05) is 12.3 Å². The first-order chi connectivity index (χ1) is 13.6. The Morgan fingerprint density at radius 3 is 1.93 bits per heavy atom. The van der Waals surface area contributed by atoms with Crippen molar-refractivity contribution in [2.45, 2.75) is 24.8 Å². The molecule has 4 rings (SSSR count). The summed E-state index contributed by atoms with van der Waals surface area (Å²) in [5.74, 6) is -1.67. The Morgan fingerprint density at radius 2 is 1.36 bits per heavy atom. The number of fused-ring (bicyclic) bond motifs is 3. The molecule has 0 aromatic heterocycles. The van der Waals surface area contributed by atoms with E-state index in [-0.39, 0.29) is 12.3 Å². The van der Waals surface area contributed by atoms with Gasteiger partial charge in [-0.05, 0) is 34.2 Å². The molecule has 3 aromatic carbocycles. The Bertz CT molecular complexity index is 968. The molecule has 28 heavy (non-hydrogen) atoms. The van der Waals surface area contributed by atoms with Crippen LogP contribution in [0.15, 0.2) is 78.9 Å². The summed E-state index contributed by atoms with van der Waals surface area (Å²) >= 11 is 0. The topological polar surface area (TPSA) is 66.4 Å². The first-order valence-corrected chi connectivity index (χ1v) is 9.39. The van der Waals surface area contributed by atoms with Gasteiger partial charge in [0.2, 0.25) is 5.91 Å². The molecule has 0 saturated carbocycles. The largest absolute Gasteiger partial charge is 0.480 e. The molecular weight excluding hydrogens is 350 g/mol. The zero-order chi connectivity index (χ0) is 19.5. The van der Waals surface area contributed by atoms with Gasteiger partial charge in [0.1, 0.15) is 6.04 Å². The molecule has 140 valence electrons. The lowest BCUT2D eigenvalue weighted by molar-refractivity contribution is -0.142. The van der Waals surface area contributed by atoms with E-state index in [1.165, 1.54) is 0 Å². The maximum atomic E-state index is 12.5. The molecule has 0 radical (unpaired) electrons. The lowest BCUT2D eigenvalue weighted by Gasteiger charge is -2.23. The van der Waals surface area contributed by atoms with Gasteiger partial charge in [-0.25, -0.2) is 4.79 Å². The van der Waals surface area contributed by atoms with Crippen LogP contribution in [-0.4, -0.2) is 23.0 Å². The zero-order valence-electron chi connectivity index (χ0n) is 15.3. The van der Waals surface area contributed by atoms with Gasteiger partial charge in [0.25, 0.3) is 0 Å². The number of amides is 1. The van der Waals surface area contributed by atoms with Crippen LogP contribution < -0.4 is 5.32 Å². The fraction of sp³-hybridized carbons (Fsp3) is 0.167. The molecule has 1 atom stereocenters. The van der Waals surface area contributed by atoms with Gasteiger partial charge in [0.05, 0.1) is 0 Å². The summed E-state index contributed by atoms with van der Waals surface area (Å²) in [6.07, 6.45) is 0.834. The van der Waals surface area contributed by atoms with Crippen LogP contribution in [0.3, 0.4) is 0 Å². The molecule has 2 N–H and O–H groups in total. The van der Waals surface area contributed by atoms with Gasteiger partial charge in [-0.2, -0.15) is 0 Å². The summed E-state index contributed by atoms with van der Waals surface area (Å²) in [6.45, 7) is 0. The summed E-state index contributed by atoms with van der Waals surface area (Å²) in [7, 11) is 0. The minimum atomic E-state index is -1.02. The van der Waals surface area contributed by atoms with E-state index in [2.05, 4.69) is 5.32 Å². The van der Waals surface area contributed by atoms with Crippen LogP contribution in [-0.2, 0) is 16.0 Å². The molecule has 4 nitrogen and oxygen atoms in total. The normalized spacial score (nSPS) is 13.4. The van der Waals surface area contributed by atoms with E-state index < -0.39 is 17.9 Å². The van der Waals surface area contributed by atoms with Crippen molar-refractivity contribution < 1.29 is 14.7 Å². The Kier molecular flexibility index (Phi) is 4.94. The minimum Gasteiger partial charge on any atom is -0.480 e. The van der Waals surface area contributed by atoms with E-state index in [4.69, 9.17) is 0 Å². The predicted molar refractivity (Wildman–Crippen MR) is 108 cm³/mol. The number of hydrogen-bond donors (Lipinski definition) is 2. The highest BCUT2D eigenvalue weighted by molar-refractivity contribution is 5.88. The van der Waals surface area contributed by atoms with Crippen LogP contribution in [0.4, 0.5) is 0 Å². The smallest absolute Gasteiger partial charge is 0.327 e. The molecule has 0 spiro atoms. The van der Waals surface area contributed by atoms with Crippen LogP contribution in [0.5, 0.6) is 0 Å². The second-order valence-corrected chi connectivity index (χ2v) is 7.02. The standard InChI is InChI=1S/C24H21NO3/c26-21(15-14-16-8-2-1-3-9-16)25-23(24(27)28)22-19-12-6-4-10-17(19)18-11-5-7-13-20(18)22/h1-13,22-23H,14-15H2,(H,25,26)(H,27,28)/t23-/m0/s1. The molecule has 0 aliphatic heterocycles. The van der Waals surface area contributed by atoms with Gasteiger partial charge >= 0.3 is 5.97 Å².